The number of hydrogen-bond donors (Lipinski definition) is 2. The van der Waals surface area contributed by atoms with E-state index in [-0.39, 0.29) is 18.7 Å². The molecule has 5 heteroatoms. The van der Waals surface area contributed by atoms with E-state index in [4.69, 9.17) is 0 Å². The molecule has 2 amide bonds. The molecule has 0 fully saturated rings. The number of aromatic nitrogens is 1. The Morgan fingerprint density at radius 2 is 2.17 bits per heavy atom. The molecule has 2 heterocycles. The minimum Gasteiger partial charge on any atom is -0.394 e. The van der Waals surface area contributed by atoms with Gasteiger partial charge in [0.2, 0.25) is 0 Å². The van der Waals surface area contributed by atoms with E-state index in [1.165, 1.54) is 5.56 Å². The van der Waals surface area contributed by atoms with Crippen molar-refractivity contribution in [3.63, 3.8) is 0 Å². The van der Waals surface area contributed by atoms with Gasteiger partial charge in [0.25, 0.3) is 0 Å². The molecule has 23 heavy (non-hydrogen) atoms. The first-order chi connectivity index (χ1) is 11.2. The lowest BCUT2D eigenvalue weighted by molar-refractivity contribution is 0.126. The lowest BCUT2D eigenvalue weighted by Gasteiger charge is -2.36. The van der Waals surface area contributed by atoms with Crippen LogP contribution in [0.15, 0.2) is 42.6 Å². The molecule has 0 bridgehead atoms. The van der Waals surface area contributed by atoms with E-state index in [1.54, 1.807) is 11.1 Å². The van der Waals surface area contributed by atoms with Crippen LogP contribution in [0.1, 0.15) is 28.4 Å². The molecule has 0 saturated carbocycles. The third kappa shape index (κ3) is 3.19. The summed E-state index contributed by atoms with van der Waals surface area (Å²) in [5, 5.41) is 12.7. The lowest BCUT2D eigenvalue weighted by Crippen LogP contribution is -2.46. The number of fused-ring (bicyclic) bond motifs is 1. The zero-order chi connectivity index (χ0) is 16.2. The fraction of sp³-hybridized carbons (Fsp3) is 0.333. The predicted octanol–water partition coefficient (Wildman–Crippen LogP) is 2.19. The molecule has 5 nitrogen and oxygen atoms in total. The van der Waals surface area contributed by atoms with Gasteiger partial charge >= 0.3 is 6.03 Å². The summed E-state index contributed by atoms with van der Waals surface area (Å²) in [5.41, 5.74) is 4.15. The van der Waals surface area contributed by atoms with E-state index < -0.39 is 0 Å². The Kier molecular flexibility index (Phi) is 4.57. The van der Waals surface area contributed by atoms with Crippen LogP contribution < -0.4 is 5.32 Å². The van der Waals surface area contributed by atoms with Crippen molar-refractivity contribution in [1.82, 2.24) is 15.2 Å². The third-order valence-electron chi connectivity index (χ3n) is 4.37. The number of hydrogen-bond acceptors (Lipinski definition) is 3. The van der Waals surface area contributed by atoms with Crippen LogP contribution in [0.5, 0.6) is 0 Å². The van der Waals surface area contributed by atoms with Crippen molar-refractivity contribution in [3.8, 4) is 0 Å². The highest BCUT2D eigenvalue weighted by atomic mass is 16.3. The van der Waals surface area contributed by atoms with Crippen molar-refractivity contribution in [3.05, 3.63) is 65.0 Å². The van der Waals surface area contributed by atoms with Crippen LogP contribution >= 0.6 is 0 Å². The molecule has 2 N–H and O–H groups in total. The summed E-state index contributed by atoms with van der Waals surface area (Å²) in [6, 6.07) is 11.4. The summed E-state index contributed by atoms with van der Waals surface area (Å²) >= 11 is 0. The van der Waals surface area contributed by atoms with Gasteiger partial charge in [0.15, 0.2) is 0 Å². The molecule has 1 aliphatic heterocycles. The summed E-state index contributed by atoms with van der Waals surface area (Å²) in [6.07, 6.45) is 2.53. The first-order valence-electron chi connectivity index (χ1n) is 7.84. The maximum Gasteiger partial charge on any atom is 0.318 e. The first kappa shape index (κ1) is 15.5. The van der Waals surface area contributed by atoms with Gasteiger partial charge in [0.05, 0.1) is 24.9 Å². The molecule has 1 unspecified atom stereocenters. The molecule has 0 spiro atoms. The van der Waals surface area contributed by atoms with Crippen LogP contribution in [0.2, 0.25) is 0 Å². The van der Waals surface area contributed by atoms with Crippen LogP contribution in [0.4, 0.5) is 4.79 Å². The zero-order valence-corrected chi connectivity index (χ0v) is 13.2. The predicted molar refractivity (Wildman–Crippen MR) is 87.9 cm³/mol. The Bertz CT molecular complexity index is 702. The van der Waals surface area contributed by atoms with Gasteiger partial charge in [0.1, 0.15) is 0 Å². The van der Waals surface area contributed by atoms with Gasteiger partial charge in [-0.2, -0.15) is 0 Å². The quantitative estimate of drug-likeness (QED) is 0.913. The highest BCUT2D eigenvalue weighted by molar-refractivity contribution is 5.75. The maximum atomic E-state index is 12.5. The Morgan fingerprint density at radius 1 is 1.35 bits per heavy atom. The van der Waals surface area contributed by atoms with Crippen LogP contribution in [0, 0.1) is 6.92 Å². The molecule has 2 aromatic rings. The molecule has 0 saturated heterocycles. The fourth-order valence-corrected chi connectivity index (χ4v) is 3.06. The van der Waals surface area contributed by atoms with Crippen LogP contribution in [0.3, 0.4) is 0 Å². The van der Waals surface area contributed by atoms with Crippen LogP contribution in [-0.2, 0) is 13.0 Å². The number of aliphatic hydroxyl groups excluding tert-OH is 1. The number of amides is 2. The third-order valence-corrected chi connectivity index (χ3v) is 4.37. The van der Waals surface area contributed by atoms with Gasteiger partial charge < -0.3 is 15.3 Å². The van der Waals surface area contributed by atoms with E-state index in [0.717, 1.165) is 23.2 Å². The van der Waals surface area contributed by atoms with Crippen molar-refractivity contribution < 1.29 is 9.90 Å². The number of rotatable bonds is 3. The Morgan fingerprint density at radius 3 is 2.96 bits per heavy atom. The molecule has 0 aliphatic carbocycles. The standard InChI is InChI=1S/C18H21N3O2/c1-13-5-4-9-19-16(13)11-20-18(23)21-10-8-14-6-2-3-7-15(14)17(21)12-22/h2-7,9,17,22H,8,10-12H2,1H3,(H,20,23). The second-order valence-corrected chi connectivity index (χ2v) is 5.77. The van der Waals surface area contributed by atoms with Gasteiger partial charge in [-0.25, -0.2) is 4.79 Å². The molecule has 1 atom stereocenters. The van der Waals surface area contributed by atoms with Crippen molar-refractivity contribution in [2.75, 3.05) is 13.2 Å². The summed E-state index contributed by atoms with van der Waals surface area (Å²) in [6.45, 7) is 2.90. The SMILES string of the molecule is Cc1cccnc1CNC(=O)N1CCc2ccccc2C1CO. The second-order valence-electron chi connectivity index (χ2n) is 5.77. The number of benzene rings is 1. The number of aryl methyl sites for hydroxylation is 1. The van der Waals surface area contributed by atoms with Crippen molar-refractivity contribution in [2.45, 2.75) is 25.9 Å². The highest BCUT2D eigenvalue weighted by Gasteiger charge is 2.29. The number of urea groups is 1. The Hall–Kier alpha value is -2.40. The topological polar surface area (TPSA) is 65.5 Å². The summed E-state index contributed by atoms with van der Waals surface area (Å²) in [7, 11) is 0. The molecule has 1 aromatic heterocycles. The molecular weight excluding hydrogens is 290 g/mol. The first-order valence-corrected chi connectivity index (χ1v) is 7.84. The van der Waals surface area contributed by atoms with E-state index >= 15 is 0 Å². The number of nitrogens with one attached hydrogen (secondary N) is 1. The largest absolute Gasteiger partial charge is 0.394 e. The molecule has 0 radical (unpaired) electrons. The Balaban J connectivity index is 1.71. The van der Waals surface area contributed by atoms with E-state index in [2.05, 4.69) is 16.4 Å². The fourth-order valence-electron chi connectivity index (χ4n) is 3.06. The van der Waals surface area contributed by atoms with Crippen LogP contribution in [0.25, 0.3) is 0 Å². The molecular formula is C18H21N3O2. The summed E-state index contributed by atoms with van der Waals surface area (Å²) in [5.74, 6) is 0. The van der Waals surface area contributed by atoms with Crippen molar-refractivity contribution in [1.29, 1.82) is 0 Å². The van der Waals surface area contributed by atoms with E-state index in [1.807, 2.05) is 37.3 Å². The van der Waals surface area contributed by atoms with Crippen molar-refractivity contribution >= 4 is 6.03 Å². The minimum atomic E-state index is -0.287. The molecule has 3 rings (SSSR count). The monoisotopic (exact) mass is 311 g/mol. The van der Waals surface area contributed by atoms with E-state index in [9.17, 15) is 9.90 Å². The van der Waals surface area contributed by atoms with Gasteiger partial charge in [-0.3, -0.25) is 4.98 Å². The lowest BCUT2D eigenvalue weighted by atomic mass is 9.93. The number of nitrogens with zero attached hydrogens (tertiary/aromatic N) is 2. The zero-order valence-electron chi connectivity index (χ0n) is 13.2. The second kappa shape index (κ2) is 6.79. The molecule has 120 valence electrons. The van der Waals surface area contributed by atoms with Gasteiger partial charge in [-0.05, 0) is 36.1 Å². The van der Waals surface area contributed by atoms with Gasteiger partial charge in [0, 0.05) is 12.7 Å². The molecule has 1 aromatic carbocycles. The average molecular weight is 311 g/mol. The van der Waals surface area contributed by atoms with Gasteiger partial charge in [-0.15, -0.1) is 0 Å². The highest BCUT2D eigenvalue weighted by Crippen LogP contribution is 2.29. The smallest absolute Gasteiger partial charge is 0.318 e. The average Bonchev–Trinajstić information content (AvgIpc) is 2.59. The normalized spacial score (nSPS) is 16.8. The number of aliphatic hydroxyl groups is 1. The minimum absolute atomic E-state index is 0.0763. The van der Waals surface area contributed by atoms with Crippen LogP contribution in [-0.4, -0.2) is 34.2 Å². The van der Waals surface area contributed by atoms with Crippen molar-refractivity contribution in [2.24, 2.45) is 0 Å². The number of carbonyl (C=O) groups excluding carboxylic acids is 1. The summed E-state index contributed by atoms with van der Waals surface area (Å²) < 4.78 is 0. The Labute approximate surface area is 136 Å². The van der Waals surface area contributed by atoms with Gasteiger partial charge in [-0.1, -0.05) is 30.3 Å². The maximum absolute atomic E-state index is 12.5. The van der Waals surface area contributed by atoms with E-state index in [0.29, 0.717) is 13.1 Å². The molecule has 1 aliphatic rings. The number of pyridine rings is 1. The summed E-state index contributed by atoms with van der Waals surface area (Å²) in [4.78, 5) is 18.5. The number of carbonyl (C=O) groups is 1.